The zero-order chi connectivity index (χ0) is 24.3. The van der Waals surface area contributed by atoms with Gasteiger partial charge in [-0.25, -0.2) is 4.98 Å². The number of hydrogen-bond acceptors (Lipinski definition) is 6. The third-order valence-corrected chi connectivity index (χ3v) is 5.37. The van der Waals surface area contributed by atoms with Crippen LogP contribution in [-0.4, -0.2) is 37.0 Å². The lowest BCUT2D eigenvalue weighted by atomic mass is 10.2. The standard InChI is InChI=1S/C23H23F2N7O2/c1-14-8-28-18-11-27-16(7-17(14)18)10-29-20(33)12-32-15(2)9-30-21(22(32)34)31-13-23(24,25)19-5-3-4-6-26-19/h3-9,11,28H,10,12-13H2,1-2H3,(H,29,33)(H,30,31). The fourth-order valence-electron chi connectivity index (χ4n) is 3.44. The number of amides is 1. The van der Waals surface area contributed by atoms with Crippen LogP contribution in [0.4, 0.5) is 14.6 Å². The van der Waals surface area contributed by atoms with Crippen LogP contribution in [0.2, 0.25) is 0 Å². The number of carbonyl (C=O) groups excluding carboxylic acids is 1. The summed E-state index contributed by atoms with van der Waals surface area (Å²) >= 11 is 0. The van der Waals surface area contributed by atoms with E-state index in [0.717, 1.165) is 16.5 Å². The van der Waals surface area contributed by atoms with Gasteiger partial charge in [-0.15, -0.1) is 0 Å². The number of nitrogens with zero attached hydrogens (tertiary/aromatic N) is 4. The molecule has 0 saturated carbocycles. The number of nitrogens with one attached hydrogen (secondary N) is 3. The molecule has 0 unspecified atom stereocenters. The van der Waals surface area contributed by atoms with Crippen LogP contribution < -0.4 is 16.2 Å². The molecule has 11 heteroatoms. The second-order valence-electron chi connectivity index (χ2n) is 7.88. The summed E-state index contributed by atoms with van der Waals surface area (Å²) in [5.41, 5.74) is 1.97. The number of hydrogen-bond donors (Lipinski definition) is 3. The normalized spacial score (nSPS) is 11.5. The van der Waals surface area contributed by atoms with E-state index in [9.17, 15) is 18.4 Å². The van der Waals surface area contributed by atoms with Crippen molar-refractivity contribution < 1.29 is 13.6 Å². The maximum Gasteiger partial charge on any atom is 0.306 e. The lowest BCUT2D eigenvalue weighted by molar-refractivity contribution is -0.121. The fraction of sp³-hybridized carbons (Fsp3) is 0.261. The molecule has 0 fully saturated rings. The van der Waals surface area contributed by atoms with Gasteiger partial charge in [0.2, 0.25) is 5.91 Å². The van der Waals surface area contributed by atoms with Crippen molar-refractivity contribution in [3.63, 3.8) is 0 Å². The van der Waals surface area contributed by atoms with Crippen LogP contribution in [0.5, 0.6) is 0 Å². The minimum absolute atomic E-state index is 0.180. The van der Waals surface area contributed by atoms with Gasteiger partial charge in [0.15, 0.2) is 5.82 Å². The Balaban J connectivity index is 1.42. The molecule has 4 rings (SSSR count). The molecule has 0 spiro atoms. The van der Waals surface area contributed by atoms with Crippen LogP contribution in [0.25, 0.3) is 10.9 Å². The molecule has 34 heavy (non-hydrogen) atoms. The van der Waals surface area contributed by atoms with Gasteiger partial charge in [0.1, 0.15) is 12.2 Å². The second-order valence-corrected chi connectivity index (χ2v) is 7.88. The largest absolute Gasteiger partial charge is 0.360 e. The van der Waals surface area contributed by atoms with Crippen LogP contribution in [0.1, 0.15) is 22.6 Å². The van der Waals surface area contributed by atoms with Crippen LogP contribution in [-0.2, 0) is 23.8 Å². The third-order valence-electron chi connectivity index (χ3n) is 5.37. The van der Waals surface area contributed by atoms with Crippen LogP contribution >= 0.6 is 0 Å². The molecule has 9 nitrogen and oxygen atoms in total. The summed E-state index contributed by atoms with van der Waals surface area (Å²) in [6.07, 6.45) is 6.19. The number of rotatable bonds is 8. The minimum Gasteiger partial charge on any atom is -0.360 e. The van der Waals surface area contributed by atoms with E-state index in [0.29, 0.717) is 11.4 Å². The number of alkyl halides is 2. The van der Waals surface area contributed by atoms with E-state index in [1.54, 1.807) is 13.1 Å². The number of carbonyl (C=O) groups is 1. The Kier molecular flexibility index (Phi) is 6.35. The Hall–Kier alpha value is -4.15. The first-order valence-electron chi connectivity index (χ1n) is 10.5. The number of anilines is 1. The van der Waals surface area contributed by atoms with Gasteiger partial charge in [0.05, 0.1) is 30.5 Å². The lowest BCUT2D eigenvalue weighted by Gasteiger charge is -2.17. The summed E-state index contributed by atoms with van der Waals surface area (Å²) in [6.45, 7) is 2.60. The van der Waals surface area contributed by atoms with Crippen molar-refractivity contribution in [1.29, 1.82) is 0 Å². The topological polar surface area (TPSA) is 118 Å². The van der Waals surface area contributed by atoms with Gasteiger partial charge >= 0.3 is 5.92 Å². The van der Waals surface area contributed by atoms with Crippen molar-refractivity contribution in [3.05, 3.63) is 82.1 Å². The van der Waals surface area contributed by atoms with Crippen molar-refractivity contribution in [2.75, 3.05) is 11.9 Å². The first kappa shape index (κ1) is 23.0. The van der Waals surface area contributed by atoms with E-state index in [2.05, 4.69) is 30.6 Å². The summed E-state index contributed by atoms with van der Waals surface area (Å²) in [4.78, 5) is 40.3. The quantitative estimate of drug-likeness (QED) is 0.367. The molecule has 4 aromatic rings. The van der Waals surface area contributed by atoms with Crippen LogP contribution in [0.3, 0.4) is 0 Å². The van der Waals surface area contributed by atoms with Gasteiger partial charge in [-0.2, -0.15) is 8.78 Å². The SMILES string of the molecule is Cc1c[nH]c2cnc(CNC(=O)Cn3c(C)cnc(NCC(F)(F)c4ccccn4)c3=O)cc12. The summed E-state index contributed by atoms with van der Waals surface area (Å²) in [7, 11) is 0. The molecular formula is C23H23F2N7O2. The average molecular weight is 467 g/mol. The molecule has 0 atom stereocenters. The van der Waals surface area contributed by atoms with E-state index in [1.807, 2.05) is 19.2 Å². The van der Waals surface area contributed by atoms with Crippen LogP contribution in [0.15, 0.2) is 53.8 Å². The van der Waals surface area contributed by atoms with Crippen molar-refractivity contribution in [2.45, 2.75) is 32.9 Å². The molecule has 1 amide bonds. The Bertz CT molecular complexity index is 1380. The van der Waals surface area contributed by atoms with Crippen LogP contribution in [0, 0.1) is 13.8 Å². The predicted octanol–water partition coefficient (Wildman–Crippen LogP) is 2.65. The second kappa shape index (κ2) is 9.38. The summed E-state index contributed by atoms with van der Waals surface area (Å²) in [6, 6.07) is 6.08. The molecule has 0 aliphatic rings. The molecule has 0 aromatic carbocycles. The number of aryl methyl sites for hydroxylation is 2. The molecular weight excluding hydrogens is 444 g/mol. The zero-order valence-corrected chi connectivity index (χ0v) is 18.6. The highest BCUT2D eigenvalue weighted by molar-refractivity contribution is 5.82. The monoisotopic (exact) mass is 467 g/mol. The van der Waals surface area contributed by atoms with Gasteiger partial charge in [-0.3, -0.25) is 24.1 Å². The molecule has 176 valence electrons. The summed E-state index contributed by atoms with van der Waals surface area (Å²) in [5.74, 6) is -4.01. The van der Waals surface area contributed by atoms with Crippen molar-refractivity contribution in [1.82, 2.24) is 29.8 Å². The Morgan fingerprint density at radius 2 is 2.00 bits per heavy atom. The average Bonchev–Trinajstić information content (AvgIpc) is 3.20. The highest BCUT2D eigenvalue weighted by atomic mass is 19.3. The van der Waals surface area contributed by atoms with Gasteiger partial charge in [0.25, 0.3) is 5.56 Å². The fourth-order valence-corrected chi connectivity index (χ4v) is 3.44. The summed E-state index contributed by atoms with van der Waals surface area (Å²) < 4.78 is 30.0. The molecule has 3 N–H and O–H groups in total. The number of aromatic amines is 1. The van der Waals surface area contributed by atoms with Gasteiger partial charge in [-0.1, -0.05) is 6.07 Å². The van der Waals surface area contributed by atoms with E-state index in [1.165, 1.54) is 35.2 Å². The van der Waals surface area contributed by atoms with Gasteiger partial charge in [-0.05, 0) is 37.6 Å². The van der Waals surface area contributed by atoms with Gasteiger partial charge in [0, 0.05) is 29.7 Å². The maximum atomic E-state index is 14.4. The van der Waals surface area contributed by atoms with E-state index in [-0.39, 0.29) is 18.9 Å². The molecule has 0 aliphatic carbocycles. The van der Waals surface area contributed by atoms with E-state index >= 15 is 0 Å². The summed E-state index contributed by atoms with van der Waals surface area (Å²) in [5, 5.41) is 6.14. The number of aromatic nitrogens is 5. The van der Waals surface area contributed by atoms with Crippen molar-refractivity contribution in [2.24, 2.45) is 0 Å². The first-order valence-corrected chi connectivity index (χ1v) is 10.5. The zero-order valence-electron chi connectivity index (χ0n) is 18.6. The number of halogens is 2. The third kappa shape index (κ3) is 4.92. The van der Waals surface area contributed by atoms with Crippen molar-refractivity contribution >= 4 is 22.6 Å². The Morgan fingerprint density at radius 1 is 1.18 bits per heavy atom. The van der Waals surface area contributed by atoms with E-state index in [4.69, 9.17) is 0 Å². The molecule has 4 aromatic heterocycles. The molecule has 0 radical (unpaired) electrons. The van der Waals surface area contributed by atoms with Gasteiger partial charge < -0.3 is 15.6 Å². The maximum absolute atomic E-state index is 14.4. The smallest absolute Gasteiger partial charge is 0.306 e. The first-order chi connectivity index (χ1) is 16.2. The highest BCUT2D eigenvalue weighted by Gasteiger charge is 2.33. The number of H-pyrrole nitrogens is 1. The molecule has 0 aliphatic heterocycles. The lowest BCUT2D eigenvalue weighted by Crippen LogP contribution is -2.36. The Labute approximate surface area is 193 Å². The minimum atomic E-state index is -3.31. The number of fused-ring (bicyclic) bond motifs is 1. The molecule has 4 heterocycles. The van der Waals surface area contributed by atoms with E-state index < -0.39 is 29.6 Å². The highest BCUT2D eigenvalue weighted by Crippen LogP contribution is 2.25. The molecule has 0 bridgehead atoms. The Morgan fingerprint density at radius 3 is 2.76 bits per heavy atom. The molecule has 0 saturated heterocycles. The number of pyridine rings is 2. The van der Waals surface area contributed by atoms with Crippen molar-refractivity contribution in [3.8, 4) is 0 Å². The predicted molar refractivity (Wildman–Crippen MR) is 123 cm³/mol.